The molecule has 0 aliphatic heterocycles. The molecule has 0 aromatic heterocycles. The van der Waals surface area contributed by atoms with Crippen LogP contribution in [0.3, 0.4) is 0 Å². The van der Waals surface area contributed by atoms with Crippen molar-refractivity contribution in [3.8, 4) is 0 Å². The summed E-state index contributed by atoms with van der Waals surface area (Å²) in [6.07, 6.45) is 0.309. The molecular weight excluding hydrogens is 248 g/mol. The molecule has 0 atom stereocenters. The number of nitrogens with one attached hydrogen (secondary N) is 1. The van der Waals surface area contributed by atoms with Gasteiger partial charge in [0.05, 0.1) is 6.42 Å². The van der Waals surface area contributed by atoms with Crippen LogP contribution < -0.4 is 16.8 Å². The first-order valence-corrected chi connectivity index (χ1v) is 5.64. The summed E-state index contributed by atoms with van der Waals surface area (Å²) in [5, 5.41) is 14.0. The fourth-order valence-electron chi connectivity index (χ4n) is 1.42. The third-order valence-electron chi connectivity index (χ3n) is 2.42. The molecule has 0 saturated carbocycles. The summed E-state index contributed by atoms with van der Waals surface area (Å²) < 4.78 is 0. The van der Waals surface area contributed by atoms with E-state index in [-0.39, 0.29) is 31.1 Å². The van der Waals surface area contributed by atoms with Crippen molar-refractivity contribution in [3.63, 3.8) is 0 Å². The molecule has 0 bridgehead atoms. The largest absolute Gasteiger partial charge is 0.409 e. The van der Waals surface area contributed by atoms with Gasteiger partial charge in [-0.2, -0.15) is 0 Å². The molecule has 102 valence electrons. The molecule has 1 aromatic rings. The summed E-state index contributed by atoms with van der Waals surface area (Å²) in [7, 11) is 0. The summed E-state index contributed by atoms with van der Waals surface area (Å²) >= 11 is 0. The molecule has 0 heterocycles. The molecule has 2 amide bonds. The Bertz CT molecular complexity index is 482. The molecule has 0 radical (unpaired) electrons. The van der Waals surface area contributed by atoms with Crippen molar-refractivity contribution < 1.29 is 14.8 Å². The SMILES string of the molecule is NC(=O)CCNC(=O)Cc1ccc(C(N)=NO)cc1. The summed E-state index contributed by atoms with van der Waals surface area (Å²) in [5.74, 6) is -0.640. The quantitative estimate of drug-likeness (QED) is 0.234. The van der Waals surface area contributed by atoms with E-state index in [0.717, 1.165) is 5.56 Å². The van der Waals surface area contributed by atoms with Crippen molar-refractivity contribution in [3.05, 3.63) is 35.4 Å². The van der Waals surface area contributed by atoms with E-state index < -0.39 is 5.91 Å². The molecule has 0 aliphatic rings. The monoisotopic (exact) mass is 264 g/mol. The van der Waals surface area contributed by atoms with E-state index in [1.807, 2.05) is 0 Å². The lowest BCUT2D eigenvalue weighted by Gasteiger charge is -2.05. The van der Waals surface area contributed by atoms with Gasteiger partial charge in [-0.25, -0.2) is 0 Å². The minimum Gasteiger partial charge on any atom is -0.409 e. The zero-order valence-corrected chi connectivity index (χ0v) is 10.3. The van der Waals surface area contributed by atoms with Gasteiger partial charge in [-0.1, -0.05) is 29.4 Å². The Morgan fingerprint density at radius 3 is 2.37 bits per heavy atom. The Hall–Kier alpha value is -2.57. The van der Waals surface area contributed by atoms with E-state index in [4.69, 9.17) is 16.7 Å². The van der Waals surface area contributed by atoms with Crippen molar-refractivity contribution >= 4 is 17.6 Å². The van der Waals surface area contributed by atoms with E-state index in [0.29, 0.717) is 5.56 Å². The van der Waals surface area contributed by atoms with Gasteiger partial charge < -0.3 is 22.0 Å². The smallest absolute Gasteiger partial charge is 0.224 e. The number of hydrogen-bond donors (Lipinski definition) is 4. The molecule has 6 N–H and O–H groups in total. The van der Waals surface area contributed by atoms with Crippen LogP contribution >= 0.6 is 0 Å². The number of carbonyl (C=O) groups excluding carboxylic acids is 2. The highest BCUT2D eigenvalue weighted by molar-refractivity contribution is 5.97. The van der Waals surface area contributed by atoms with Crippen LogP contribution in [-0.4, -0.2) is 29.4 Å². The lowest BCUT2D eigenvalue weighted by Crippen LogP contribution is -2.29. The molecule has 1 rings (SSSR count). The van der Waals surface area contributed by atoms with Gasteiger partial charge in [0.1, 0.15) is 0 Å². The number of hydrogen-bond acceptors (Lipinski definition) is 4. The Morgan fingerprint density at radius 2 is 1.84 bits per heavy atom. The third kappa shape index (κ3) is 5.07. The first-order chi connectivity index (χ1) is 9.02. The highest BCUT2D eigenvalue weighted by Gasteiger charge is 2.05. The molecule has 0 unspecified atom stereocenters. The number of amides is 2. The first kappa shape index (κ1) is 14.5. The number of nitrogens with zero attached hydrogens (tertiary/aromatic N) is 1. The summed E-state index contributed by atoms with van der Waals surface area (Å²) in [5.41, 5.74) is 11.7. The van der Waals surface area contributed by atoms with Crippen LogP contribution in [0.1, 0.15) is 17.5 Å². The van der Waals surface area contributed by atoms with E-state index in [9.17, 15) is 9.59 Å². The maximum absolute atomic E-state index is 11.5. The second-order valence-corrected chi connectivity index (χ2v) is 3.93. The van der Waals surface area contributed by atoms with Crippen LogP contribution in [-0.2, 0) is 16.0 Å². The second kappa shape index (κ2) is 7.00. The molecule has 0 spiro atoms. The number of amidine groups is 1. The summed E-state index contributed by atoms with van der Waals surface area (Å²) in [4.78, 5) is 22.0. The Labute approximate surface area is 110 Å². The zero-order valence-electron chi connectivity index (χ0n) is 10.3. The van der Waals surface area contributed by atoms with Crippen LogP contribution in [0.15, 0.2) is 29.4 Å². The summed E-state index contributed by atoms with van der Waals surface area (Å²) in [6.45, 7) is 0.233. The van der Waals surface area contributed by atoms with Crippen LogP contribution in [0, 0.1) is 0 Å². The molecule has 7 nitrogen and oxygen atoms in total. The van der Waals surface area contributed by atoms with Gasteiger partial charge in [0.2, 0.25) is 11.8 Å². The van der Waals surface area contributed by atoms with Crippen molar-refractivity contribution in [1.82, 2.24) is 5.32 Å². The number of benzene rings is 1. The molecule has 7 heteroatoms. The van der Waals surface area contributed by atoms with E-state index in [1.165, 1.54) is 0 Å². The topological polar surface area (TPSA) is 131 Å². The van der Waals surface area contributed by atoms with Crippen LogP contribution in [0.2, 0.25) is 0 Å². The number of primary amides is 1. The average Bonchev–Trinajstić information content (AvgIpc) is 2.38. The fourth-order valence-corrected chi connectivity index (χ4v) is 1.42. The Morgan fingerprint density at radius 1 is 1.21 bits per heavy atom. The van der Waals surface area contributed by atoms with Gasteiger partial charge in [0.25, 0.3) is 0 Å². The van der Waals surface area contributed by atoms with Crippen LogP contribution in [0.25, 0.3) is 0 Å². The third-order valence-corrected chi connectivity index (χ3v) is 2.42. The molecule has 0 aliphatic carbocycles. The Kier molecular flexibility index (Phi) is 5.34. The van der Waals surface area contributed by atoms with Gasteiger partial charge in [-0.3, -0.25) is 9.59 Å². The van der Waals surface area contributed by atoms with E-state index in [1.54, 1.807) is 24.3 Å². The molecule has 1 aromatic carbocycles. The highest BCUT2D eigenvalue weighted by atomic mass is 16.4. The first-order valence-electron chi connectivity index (χ1n) is 5.64. The lowest BCUT2D eigenvalue weighted by molar-refractivity contribution is -0.120. The van der Waals surface area contributed by atoms with Crippen molar-refractivity contribution in [2.75, 3.05) is 6.54 Å². The van der Waals surface area contributed by atoms with Gasteiger partial charge in [-0.15, -0.1) is 0 Å². The van der Waals surface area contributed by atoms with Crippen molar-refractivity contribution in [2.45, 2.75) is 12.8 Å². The minimum atomic E-state index is -0.455. The highest BCUT2D eigenvalue weighted by Crippen LogP contribution is 2.05. The standard InChI is InChI=1S/C12H16N4O3/c13-10(17)5-6-15-11(18)7-8-1-3-9(4-2-8)12(14)16-19/h1-4,19H,5-7H2,(H2,13,17)(H2,14,16)(H,15,18). The number of rotatable bonds is 6. The van der Waals surface area contributed by atoms with Gasteiger partial charge in [-0.05, 0) is 5.56 Å². The minimum absolute atomic E-state index is 0.0115. The molecule has 19 heavy (non-hydrogen) atoms. The average molecular weight is 264 g/mol. The predicted molar refractivity (Wildman–Crippen MR) is 69.5 cm³/mol. The number of oxime groups is 1. The number of carbonyl (C=O) groups is 2. The zero-order chi connectivity index (χ0) is 14.3. The fraction of sp³-hybridized carbons (Fsp3) is 0.250. The number of nitrogens with two attached hydrogens (primary N) is 2. The van der Waals surface area contributed by atoms with Crippen molar-refractivity contribution in [2.24, 2.45) is 16.6 Å². The molecule has 0 fully saturated rings. The summed E-state index contributed by atoms with van der Waals surface area (Å²) in [6, 6.07) is 6.73. The van der Waals surface area contributed by atoms with Crippen LogP contribution in [0.4, 0.5) is 0 Å². The Balaban J connectivity index is 2.49. The van der Waals surface area contributed by atoms with Crippen LogP contribution in [0.5, 0.6) is 0 Å². The predicted octanol–water partition coefficient (Wildman–Crippen LogP) is -0.685. The molecule has 0 saturated heterocycles. The molecular formula is C12H16N4O3. The maximum Gasteiger partial charge on any atom is 0.224 e. The second-order valence-electron chi connectivity index (χ2n) is 3.93. The van der Waals surface area contributed by atoms with Gasteiger partial charge in [0, 0.05) is 18.5 Å². The van der Waals surface area contributed by atoms with E-state index >= 15 is 0 Å². The maximum atomic E-state index is 11.5. The van der Waals surface area contributed by atoms with Gasteiger partial charge in [0.15, 0.2) is 5.84 Å². The van der Waals surface area contributed by atoms with Crippen molar-refractivity contribution in [1.29, 1.82) is 0 Å². The lowest BCUT2D eigenvalue weighted by atomic mass is 10.1. The van der Waals surface area contributed by atoms with E-state index in [2.05, 4.69) is 10.5 Å². The normalized spacial score (nSPS) is 11.1. The van der Waals surface area contributed by atoms with Gasteiger partial charge >= 0.3 is 0 Å².